The lowest BCUT2D eigenvalue weighted by Gasteiger charge is -2.37. The Kier molecular flexibility index (Phi) is 5.41. The summed E-state index contributed by atoms with van der Waals surface area (Å²) in [4.78, 5) is 24.8. The fourth-order valence-electron chi connectivity index (χ4n) is 2.41. The van der Waals surface area contributed by atoms with Crippen LogP contribution in [0.1, 0.15) is 33.9 Å². The van der Waals surface area contributed by atoms with Crippen LogP contribution in [-0.4, -0.2) is 36.8 Å². The summed E-state index contributed by atoms with van der Waals surface area (Å²) < 4.78 is 40.6. The van der Waals surface area contributed by atoms with E-state index in [4.69, 9.17) is 9.16 Å². The molecule has 0 aromatic carbocycles. The second-order valence-electron chi connectivity index (χ2n) is 8.08. The summed E-state index contributed by atoms with van der Waals surface area (Å²) >= 11 is 0. The number of rotatable bonds is 4. The van der Waals surface area contributed by atoms with Gasteiger partial charge in [-0.15, -0.1) is 0 Å². The van der Waals surface area contributed by atoms with Gasteiger partial charge in [0.15, 0.2) is 20.7 Å². The summed E-state index contributed by atoms with van der Waals surface area (Å²) in [5.41, 5.74) is -2.04. The summed E-state index contributed by atoms with van der Waals surface area (Å²) in [6.45, 7) is 12.3. The molecule has 0 spiro atoms. The van der Waals surface area contributed by atoms with Gasteiger partial charge in [0.2, 0.25) is 5.82 Å². The molecule has 0 unspecified atom stereocenters. The predicted molar refractivity (Wildman–Crippen MR) is 92.4 cm³/mol. The van der Waals surface area contributed by atoms with Crippen LogP contribution in [0.25, 0.3) is 0 Å². The van der Waals surface area contributed by atoms with Crippen molar-refractivity contribution in [2.75, 3.05) is 6.61 Å². The van der Waals surface area contributed by atoms with Gasteiger partial charge in [0.1, 0.15) is 0 Å². The summed E-state index contributed by atoms with van der Waals surface area (Å²) in [5, 5.41) is 0.00232. The number of nitrogens with one attached hydrogen (secondary N) is 1. The molecule has 1 fully saturated rings. The highest BCUT2D eigenvalue weighted by atomic mass is 28.4. The fourth-order valence-corrected chi connectivity index (χ4v) is 3.42. The maximum absolute atomic E-state index is 14.6. The SMILES string of the molecule is C[C@H]1[C@H](F)[C@H](n2cc(F)c(=O)[nH]c2=O)O[C@@H]1CO[Si](C)(C)C(C)(C)C. The molecule has 0 saturated carbocycles. The van der Waals surface area contributed by atoms with E-state index >= 15 is 0 Å². The normalized spacial score (nSPS) is 27.7. The molecule has 6 nitrogen and oxygen atoms in total. The van der Waals surface area contributed by atoms with Crippen molar-refractivity contribution in [3.05, 3.63) is 32.9 Å². The predicted octanol–water partition coefficient (Wildman–Crippen LogP) is 2.57. The lowest BCUT2D eigenvalue weighted by atomic mass is 10.0. The highest BCUT2D eigenvalue weighted by Crippen LogP contribution is 2.39. The third kappa shape index (κ3) is 3.93. The van der Waals surface area contributed by atoms with E-state index in [-0.39, 0.29) is 11.6 Å². The minimum absolute atomic E-state index is 0.00232. The molecule has 0 amide bonds. The van der Waals surface area contributed by atoms with Gasteiger partial charge < -0.3 is 9.16 Å². The quantitative estimate of drug-likeness (QED) is 0.820. The van der Waals surface area contributed by atoms with E-state index < -0.39 is 49.8 Å². The number of H-pyrrole nitrogens is 1. The molecular weight excluding hydrogens is 350 g/mol. The monoisotopic (exact) mass is 376 g/mol. The first-order valence-corrected chi connectivity index (χ1v) is 11.2. The van der Waals surface area contributed by atoms with Crippen LogP contribution in [0.2, 0.25) is 18.1 Å². The number of aromatic nitrogens is 2. The molecule has 1 aliphatic rings. The van der Waals surface area contributed by atoms with E-state index in [0.717, 1.165) is 4.57 Å². The van der Waals surface area contributed by atoms with Crippen LogP contribution in [0.4, 0.5) is 8.78 Å². The van der Waals surface area contributed by atoms with Gasteiger partial charge >= 0.3 is 5.69 Å². The Morgan fingerprint density at radius 2 is 1.96 bits per heavy atom. The van der Waals surface area contributed by atoms with Crippen molar-refractivity contribution in [3.63, 3.8) is 0 Å². The van der Waals surface area contributed by atoms with Gasteiger partial charge in [0, 0.05) is 5.92 Å². The molecule has 25 heavy (non-hydrogen) atoms. The van der Waals surface area contributed by atoms with Crippen molar-refractivity contribution in [1.82, 2.24) is 9.55 Å². The van der Waals surface area contributed by atoms with Crippen molar-refractivity contribution in [3.8, 4) is 0 Å². The van der Waals surface area contributed by atoms with E-state index in [1.54, 1.807) is 6.92 Å². The standard InChI is InChI=1S/C16H26F2N2O4Si/c1-9-11(8-23-25(5,6)16(2,3)4)24-14(12(9)18)20-7-10(17)13(21)19-15(20)22/h7,9,11-12,14H,8H2,1-6H3,(H,19,21,22)/t9-,11-,12+,14-/m1/s1. The fraction of sp³-hybridized carbons (Fsp3) is 0.750. The maximum atomic E-state index is 14.6. The Bertz CT molecular complexity index is 741. The van der Waals surface area contributed by atoms with Crippen LogP contribution in [0.15, 0.2) is 15.8 Å². The van der Waals surface area contributed by atoms with E-state index in [0.29, 0.717) is 6.20 Å². The summed E-state index contributed by atoms with van der Waals surface area (Å²) in [6, 6.07) is 0. The number of alkyl halides is 1. The van der Waals surface area contributed by atoms with Crippen LogP contribution in [0, 0.1) is 11.7 Å². The van der Waals surface area contributed by atoms with Gasteiger partial charge in [-0.25, -0.2) is 9.18 Å². The molecule has 0 bridgehead atoms. The molecule has 0 radical (unpaired) electrons. The van der Waals surface area contributed by atoms with Crippen molar-refractivity contribution >= 4 is 8.32 Å². The van der Waals surface area contributed by atoms with Crippen LogP contribution in [0.5, 0.6) is 0 Å². The van der Waals surface area contributed by atoms with Crippen LogP contribution < -0.4 is 11.2 Å². The van der Waals surface area contributed by atoms with Gasteiger partial charge in [-0.1, -0.05) is 27.7 Å². The van der Waals surface area contributed by atoms with E-state index in [2.05, 4.69) is 33.9 Å². The zero-order valence-corrected chi connectivity index (χ0v) is 16.4. The minimum atomic E-state index is -2.03. The Balaban J connectivity index is 2.18. The average molecular weight is 376 g/mol. The summed E-state index contributed by atoms with van der Waals surface area (Å²) in [6.07, 6.45) is -2.68. The Morgan fingerprint density at radius 1 is 1.36 bits per heavy atom. The zero-order chi connectivity index (χ0) is 19.2. The van der Waals surface area contributed by atoms with Gasteiger partial charge in [0.25, 0.3) is 5.56 Å². The number of ether oxygens (including phenoxy) is 1. The molecule has 2 heterocycles. The van der Waals surface area contributed by atoms with Crippen LogP contribution in [0.3, 0.4) is 0 Å². The van der Waals surface area contributed by atoms with E-state index in [1.165, 1.54) is 0 Å². The van der Waals surface area contributed by atoms with Crippen molar-refractivity contribution < 1.29 is 17.9 Å². The second-order valence-corrected chi connectivity index (χ2v) is 12.9. The molecule has 1 aliphatic heterocycles. The van der Waals surface area contributed by atoms with Gasteiger partial charge in [-0.05, 0) is 18.1 Å². The molecule has 0 aliphatic carbocycles. The third-order valence-electron chi connectivity index (χ3n) is 5.29. The van der Waals surface area contributed by atoms with Gasteiger partial charge in [-0.3, -0.25) is 14.3 Å². The number of aromatic amines is 1. The first-order valence-electron chi connectivity index (χ1n) is 8.29. The molecule has 1 N–H and O–H groups in total. The molecule has 2 rings (SSSR count). The van der Waals surface area contributed by atoms with Crippen molar-refractivity contribution in [2.45, 2.75) is 64.3 Å². The topological polar surface area (TPSA) is 73.3 Å². The number of hydrogen-bond donors (Lipinski definition) is 1. The molecule has 9 heteroatoms. The molecule has 142 valence electrons. The lowest BCUT2D eigenvalue weighted by molar-refractivity contribution is -0.0402. The van der Waals surface area contributed by atoms with Gasteiger partial charge in [-0.2, -0.15) is 4.39 Å². The molecular formula is C16H26F2N2O4Si. The summed E-state index contributed by atoms with van der Waals surface area (Å²) in [5.74, 6) is -1.69. The molecule has 1 aromatic rings. The average Bonchev–Trinajstić information content (AvgIpc) is 2.76. The zero-order valence-electron chi connectivity index (χ0n) is 15.4. The highest BCUT2D eigenvalue weighted by molar-refractivity contribution is 6.74. The van der Waals surface area contributed by atoms with Crippen molar-refractivity contribution in [1.29, 1.82) is 0 Å². The maximum Gasteiger partial charge on any atom is 0.330 e. The lowest BCUT2D eigenvalue weighted by Crippen LogP contribution is -2.43. The molecule has 1 aromatic heterocycles. The number of hydrogen-bond acceptors (Lipinski definition) is 4. The molecule has 1 saturated heterocycles. The van der Waals surface area contributed by atoms with E-state index in [9.17, 15) is 18.4 Å². The van der Waals surface area contributed by atoms with Crippen molar-refractivity contribution in [2.24, 2.45) is 5.92 Å². The second kappa shape index (κ2) is 6.77. The van der Waals surface area contributed by atoms with Gasteiger partial charge in [0.05, 0.1) is 18.9 Å². The third-order valence-corrected chi connectivity index (χ3v) is 9.79. The largest absolute Gasteiger partial charge is 0.414 e. The summed E-state index contributed by atoms with van der Waals surface area (Å²) in [7, 11) is -2.03. The Hall–Kier alpha value is -1.32. The highest BCUT2D eigenvalue weighted by Gasteiger charge is 2.46. The smallest absolute Gasteiger partial charge is 0.330 e. The number of nitrogens with zero attached hydrogens (tertiary/aromatic N) is 1. The van der Waals surface area contributed by atoms with Crippen LogP contribution in [-0.2, 0) is 9.16 Å². The number of halogens is 2. The van der Waals surface area contributed by atoms with Crippen LogP contribution >= 0.6 is 0 Å². The first-order chi connectivity index (χ1) is 11.3. The Labute approximate surface area is 146 Å². The first kappa shape index (κ1) is 20.0. The minimum Gasteiger partial charge on any atom is -0.414 e. The Morgan fingerprint density at radius 3 is 2.52 bits per heavy atom. The van der Waals surface area contributed by atoms with E-state index in [1.807, 2.05) is 4.98 Å². The molecule has 4 atom stereocenters.